The first kappa shape index (κ1) is 38.7. The topological polar surface area (TPSA) is 102 Å². The van der Waals surface area contributed by atoms with E-state index in [9.17, 15) is 14.0 Å². The Bertz CT molecular complexity index is 1050. The third kappa shape index (κ3) is 21.1. The van der Waals surface area contributed by atoms with Crippen LogP contribution in [0.25, 0.3) is 0 Å². The fourth-order valence-electron chi connectivity index (χ4n) is 2.60. The molecule has 8 nitrogen and oxygen atoms in total. The van der Waals surface area contributed by atoms with Gasteiger partial charge in [-0.25, -0.2) is 14.0 Å². The number of hydrogen-bond acceptors (Lipinski definition) is 6. The Balaban J connectivity index is 0. The van der Waals surface area contributed by atoms with Crippen molar-refractivity contribution in [1.29, 1.82) is 0 Å². The van der Waals surface area contributed by atoms with Crippen LogP contribution >= 0.6 is 0 Å². The van der Waals surface area contributed by atoms with Gasteiger partial charge in [-0.05, 0) is 63.1 Å². The second kappa shape index (κ2) is 24.6. The molecular formula is C32H44FNO7. The van der Waals surface area contributed by atoms with Crippen LogP contribution in [0.3, 0.4) is 0 Å². The molecule has 1 saturated heterocycles. The molecule has 1 amide bonds. The maximum Gasteiger partial charge on any atom is 0.414 e. The number of esters is 1. The number of hydrogen-bond donors (Lipinski definition) is 1. The average molecular weight is 574 g/mol. The van der Waals surface area contributed by atoms with Gasteiger partial charge in [-0.15, -0.1) is 6.58 Å². The average Bonchev–Trinajstić information content (AvgIpc) is 3.34. The van der Waals surface area contributed by atoms with Crippen LogP contribution in [0.5, 0.6) is 5.75 Å². The first-order valence-corrected chi connectivity index (χ1v) is 13.0. The van der Waals surface area contributed by atoms with Crippen LogP contribution < -0.4 is 9.64 Å². The third-order valence-electron chi connectivity index (χ3n) is 4.76. The number of carboxylic acid groups (broad SMARTS) is 1. The van der Waals surface area contributed by atoms with Gasteiger partial charge in [-0.3, -0.25) is 9.69 Å². The van der Waals surface area contributed by atoms with Gasteiger partial charge in [0.1, 0.15) is 17.7 Å². The number of allylic oxidation sites excluding steroid dienone is 4. The number of carbonyl (C=O) groups is 3. The predicted octanol–water partition coefficient (Wildman–Crippen LogP) is 7.61. The van der Waals surface area contributed by atoms with E-state index in [1.54, 1.807) is 30.3 Å². The molecule has 1 unspecified atom stereocenters. The van der Waals surface area contributed by atoms with Gasteiger partial charge in [0.25, 0.3) is 5.97 Å². The van der Waals surface area contributed by atoms with Crippen LogP contribution in [-0.4, -0.2) is 49.5 Å². The highest BCUT2D eigenvalue weighted by atomic mass is 19.1. The lowest BCUT2D eigenvalue weighted by atomic mass is 10.2. The molecule has 2 aromatic rings. The number of benzene rings is 2. The molecule has 1 aliphatic rings. The number of cyclic esters (lactones) is 1. The molecule has 0 spiro atoms. The standard InChI is InChI=1S/C11H12FNO2.C9H10O3.C7H12.C3H6.C2H4O2/c1-2-10-7-13(11(14)15-10)9-5-3-8(12)4-6-9;1-11-9(10)7-12-8-5-3-2-4-6-8;1-4-6-7(3)5-2;1-3-2;1-2(3)4/h3-6,10H,2,7H2,1H3;2-6H,7H2,1H3;4,6H,1,5H2,2-3H3;3H,1H2,2H3;1H3,(H,3,4)/b;;7-6+;;. The molecule has 0 aliphatic carbocycles. The largest absolute Gasteiger partial charge is 0.482 e. The van der Waals surface area contributed by atoms with E-state index in [0.29, 0.717) is 18.0 Å². The lowest BCUT2D eigenvalue weighted by Gasteiger charge is -2.12. The minimum atomic E-state index is -0.833. The number of carboxylic acids is 1. The number of anilines is 1. The van der Waals surface area contributed by atoms with Crippen LogP contribution in [-0.2, 0) is 19.1 Å². The van der Waals surface area contributed by atoms with Crippen molar-refractivity contribution in [3.05, 3.63) is 97.4 Å². The van der Waals surface area contributed by atoms with E-state index >= 15 is 0 Å². The number of aliphatic carboxylic acids is 1. The van der Waals surface area contributed by atoms with E-state index < -0.39 is 5.97 Å². The number of carbonyl (C=O) groups excluding carboxylic acids is 2. The van der Waals surface area contributed by atoms with Gasteiger partial charge in [0.2, 0.25) is 0 Å². The Morgan fingerprint density at radius 3 is 2.02 bits per heavy atom. The molecule has 0 bridgehead atoms. The van der Waals surface area contributed by atoms with E-state index in [2.05, 4.69) is 31.7 Å². The summed E-state index contributed by atoms with van der Waals surface area (Å²) < 4.78 is 27.3. The SMILES string of the molecule is C=C/C=C(\C)CC.C=CC.CC(=O)O.CCC1CN(c2ccc(F)cc2)C(=O)O1.COC(=O)COc1ccccc1. The summed E-state index contributed by atoms with van der Waals surface area (Å²) in [5, 5.41) is 7.42. The first-order valence-electron chi connectivity index (χ1n) is 13.0. The number of methoxy groups -OCH3 is 1. The monoisotopic (exact) mass is 573 g/mol. The highest BCUT2D eigenvalue weighted by Crippen LogP contribution is 2.22. The minimum Gasteiger partial charge on any atom is -0.482 e. The molecule has 0 saturated carbocycles. The summed E-state index contributed by atoms with van der Waals surface area (Å²) in [7, 11) is 1.33. The zero-order valence-electron chi connectivity index (χ0n) is 25.0. The normalized spacial score (nSPS) is 13.0. The molecule has 1 heterocycles. The maximum atomic E-state index is 12.7. The second-order valence-corrected chi connectivity index (χ2v) is 8.21. The summed E-state index contributed by atoms with van der Waals surface area (Å²) in [5.41, 5.74) is 2.06. The Morgan fingerprint density at radius 1 is 1.10 bits per heavy atom. The zero-order valence-corrected chi connectivity index (χ0v) is 25.0. The van der Waals surface area contributed by atoms with Gasteiger partial charge in [0.15, 0.2) is 6.61 Å². The highest BCUT2D eigenvalue weighted by molar-refractivity contribution is 5.89. The summed E-state index contributed by atoms with van der Waals surface area (Å²) >= 11 is 0. The number of ether oxygens (including phenoxy) is 3. The van der Waals surface area contributed by atoms with Crippen molar-refractivity contribution in [3.8, 4) is 5.75 Å². The Labute approximate surface area is 243 Å². The Morgan fingerprint density at radius 2 is 1.63 bits per heavy atom. The van der Waals surface area contributed by atoms with Crippen molar-refractivity contribution < 1.29 is 38.1 Å². The fraction of sp³-hybridized carbons (Fsp3) is 0.344. The summed E-state index contributed by atoms with van der Waals surface area (Å²) in [4.78, 5) is 32.6. The van der Waals surface area contributed by atoms with Crippen molar-refractivity contribution in [3.63, 3.8) is 0 Å². The lowest BCUT2D eigenvalue weighted by Crippen LogP contribution is -2.24. The summed E-state index contributed by atoms with van der Waals surface area (Å²) in [6, 6.07) is 14.9. The van der Waals surface area contributed by atoms with Crippen molar-refractivity contribution in [2.24, 2.45) is 0 Å². The van der Waals surface area contributed by atoms with Crippen molar-refractivity contribution in [2.75, 3.05) is 25.2 Å². The molecule has 0 radical (unpaired) electrons. The van der Waals surface area contributed by atoms with Gasteiger partial charge < -0.3 is 19.3 Å². The van der Waals surface area contributed by atoms with Gasteiger partial charge in [0, 0.05) is 12.6 Å². The molecule has 9 heteroatoms. The van der Waals surface area contributed by atoms with Gasteiger partial charge in [-0.1, -0.05) is 62.4 Å². The van der Waals surface area contributed by atoms with E-state index in [4.69, 9.17) is 19.4 Å². The van der Waals surface area contributed by atoms with E-state index in [1.807, 2.05) is 44.2 Å². The molecule has 1 N–H and O–H groups in total. The summed E-state index contributed by atoms with van der Waals surface area (Å²) in [5.74, 6) is -0.847. The molecule has 1 aliphatic heterocycles. The van der Waals surface area contributed by atoms with Crippen LogP contribution in [0.4, 0.5) is 14.9 Å². The molecule has 3 rings (SSSR count). The predicted molar refractivity (Wildman–Crippen MR) is 162 cm³/mol. The first-order chi connectivity index (χ1) is 19.5. The molecule has 41 heavy (non-hydrogen) atoms. The van der Waals surface area contributed by atoms with Gasteiger partial charge in [-0.2, -0.15) is 0 Å². The Hall–Kier alpha value is -4.40. The van der Waals surface area contributed by atoms with Crippen LogP contribution in [0.2, 0.25) is 0 Å². The molecule has 1 fully saturated rings. The zero-order chi connectivity index (χ0) is 31.6. The van der Waals surface area contributed by atoms with E-state index in [-0.39, 0.29) is 30.6 Å². The number of nitrogens with zero attached hydrogens (tertiary/aromatic N) is 1. The van der Waals surface area contributed by atoms with Crippen molar-refractivity contribution in [1.82, 2.24) is 0 Å². The number of para-hydroxylation sites is 1. The van der Waals surface area contributed by atoms with Crippen LogP contribution in [0.15, 0.2) is 91.6 Å². The van der Waals surface area contributed by atoms with Gasteiger partial charge >= 0.3 is 12.1 Å². The van der Waals surface area contributed by atoms with E-state index in [1.165, 1.54) is 29.7 Å². The van der Waals surface area contributed by atoms with Crippen LogP contribution in [0, 0.1) is 5.82 Å². The molecular weight excluding hydrogens is 529 g/mol. The smallest absolute Gasteiger partial charge is 0.414 e. The highest BCUT2D eigenvalue weighted by Gasteiger charge is 2.30. The molecule has 2 aromatic carbocycles. The van der Waals surface area contributed by atoms with Crippen LogP contribution in [0.1, 0.15) is 47.5 Å². The number of rotatable bonds is 7. The van der Waals surface area contributed by atoms with Crippen molar-refractivity contribution in [2.45, 2.75) is 53.6 Å². The van der Waals surface area contributed by atoms with Crippen molar-refractivity contribution >= 4 is 23.7 Å². The maximum absolute atomic E-state index is 12.7. The quantitative estimate of drug-likeness (QED) is 0.207. The minimum absolute atomic E-state index is 0.0412. The molecule has 226 valence electrons. The number of halogens is 1. The Kier molecular flexibility index (Phi) is 23.3. The third-order valence-corrected chi connectivity index (χ3v) is 4.76. The second-order valence-electron chi connectivity index (χ2n) is 8.21. The summed E-state index contributed by atoms with van der Waals surface area (Å²) in [6.07, 6.45) is 7.12. The summed E-state index contributed by atoms with van der Waals surface area (Å²) in [6.45, 7) is 16.6. The van der Waals surface area contributed by atoms with Gasteiger partial charge in [0.05, 0.1) is 13.7 Å². The lowest BCUT2D eigenvalue weighted by molar-refractivity contribution is -0.143. The number of amides is 1. The van der Waals surface area contributed by atoms with E-state index in [0.717, 1.165) is 19.8 Å². The fourth-order valence-corrected chi connectivity index (χ4v) is 2.60. The molecule has 1 atom stereocenters. The molecule has 0 aromatic heterocycles.